The van der Waals surface area contributed by atoms with Gasteiger partial charge in [-0.25, -0.2) is 0 Å². The molecule has 0 saturated carbocycles. The van der Waals surface area contributed by atoms with Gasteiger partial charge in [0.1, 0.15) is 0 Å². The molecule has 2 atom stereocenters. The molecule has 0 unspecified atom stereocenters. The van der Waals surface area contributed by atoms with Gasteiger partial charge in [0, 0.05) is 12.6 Å². The Bertz CT molecular complexity index is 347. The maximum Gasteiger partial charge on any atom is 0.0808 e. The van der Waals surface area contributed by atoms with Gasteiger partial charge in [-0.15, -0.1) is 0 Å². The zero-order valence-corrected chi connectivity index (χ0v) is 9.71. The Morgan fingerprint density at radius 1 is 1.38 bits per heavy atom. The first-order valence-corrected chi connectivity index (χ1v) is 5.87. The predicted octanol–water partition coefficient (Wildman–Crippen LogP) is 2.37. The maximum absolute atomic E-state index is 10.1. The summed E-state index contributed by atoms with van der Waals surface area (Å²) in [7, 11) is 2.12. The van der Waals surface area contributed by atoms with Crippen molar-refractivity contribution < 1.29 is 5.11 Å². The van der Waals surface area contributed by atoms with E-state index in [9.17, 15) is 5.11 Å². The largest absolute Gasteiger partial charge is 0.388 e. The predicted molar refractivity (Wildman–Crippen MR) is 66.2 cm³/mol. The second-order valence-corrected chi connectivity index (χ2v) is 4.43. The van der Waals surface area contributed by atoms with Crippen molar-refractivity contribution in [1.82, 2.24) is 4.90 Å². The van der Waals surface area contributed by atoms with Crippen LogP contribution in [0.25, 0.3) is 0 Å². The molecule has 86 valence electrons. The molecule has 1 aliphatic rings. The van der Waals surface area contributed by atoms with E-state index >= 15 is 0 Å². The van der Waals surface area contributed by atoms with Crippen LogP contribution < -0.4 is 0 Å². The first-order chi connectivity index (χ1) is 7.77. The normalized spacial score (nSPS) is 23.2. The van der Waals surface area contributed by atoms with Gasteiger partial charge in [-0.1, -0.05) is 42.5 Å². The van der Waals surface area contributed by atoms with E-state index in [-0.39, 0.29) is 6.10 Å². The molecule has 0 aliphatic carbocycles. The summed E-state index contributed by atoms with van der Waals surface area (Å²) < 4.78 is 0. The summed E-state index contributed by atoms with van der Waals surface area (Å²) in [5.74, 6) is 0. The van der Waals surface area contributed by atoms with Crippen LogP contribution in [0.4, 0.5) is 0 Å². The van der Waals surface area contributed by atoms with E-state index in [0.717, 1.165) is 24.9 Å². The summed E-state index contributed by atoms with van der Waals surface area (Å²) in [6.07, 6.45) is 5.94. The van der Waals surface area contributed by atoms with Gasteiger partial charge < -0.3 is 5.11 Å². The van der Waals surface area contributed by atoms with Gasteiger partial charge in [-0.3, -0.25) is 4.90 Å². The maximum atomic E-state index is 10.1. The highest BCUT2D eigenvalue weighted by Gasteiger charge is 2.19. The molecule has 0 fully saturated rings. The van der Waals surface area contributed by atoms with Crippen molar-refractivity contribution in [3.63, 3.8) is 0 Å². The Kier molecular flexibility index (Phi) is 3.75. The van der Waals surface area contributed by atoms with Gasteiger partial charge in [-0.2, -0.15) is 0 Å². The van der Waals surface area contributed by atoms with E-state index in [1.807, 2.05) is 30.3 Å². The number of hydrogen-bond acceptors (Lipinski definition) is 2. The van der Waals surface area contributed by atoms with Crippen LogP contribution in [0.1, 0.15) is 24.5 Å². The number of aliphatic hydroxyl groups is 1. The Balaban J connectivity index is 1.99. The summed E-state index contributed by atoms with van der Waals surface area (Å²) in [4.78, 5) is 2.30. The molecule has 1 N–H and O–H groups in total. The Morgan fingerprint density at radius 2 is 2.12 bits per heavy atom. The second-order valence-electron chi connectivity index (χ2n) is 4.43. The third kappa shape index (κ3) is 2.71. The molecular formula is C14H19NO. The van der Waals surface area contributed by atoms with Crippen molar-refractivity contribution in [3.05, 3.63) is 48.0 Å². The van der Waals surface area contributed by atoms with Crippen LogP contribution >= 0.6 is 0 Å². The monoisotopic (exact) mass is 217 g/mol. The standard InChI is InChI=1S/C14H19NO/c1-15-10-6-5-9-13(15)11-14(16)12-7-3-2-4-8-12/h2-5,7-9,13-14,16H,6,10-11H2,1H3/t13-,14-/m0/s1. The van der Waals surface area contributed by atoms with Crippen LogP contribution in [0.15, 0.2) is 42.5 Å². The third-order valence-electron chi connectivity index (χ3n) is 3.22. The Hall–Kier alpha value is -1.12. The van der Waals surface area contributed by atoms with Crippen molar-refractivity contribution in [2.45, 2.75) is 25.0 Å². The minimum atomic E-state index is -0.364. The van der Waals surface area contributed by atoms with Crippen LogP contribution in [0, 0.1) is 0 Å². The molecule has 2 rings (SSSR count). The van der Waals surface area contributed by atoms with Crippen LogP contribution in [0.2, 0.25) is 0 Å². The van der Waals surface area contributed by atoms with E-state index in [1.54, 1.807) is 0 Å². The summed E-state index contributed by atoms with van der Waals surface area (Å²) in [5.41, 5.74) is 1.01. The third-order valence-corrected chi connectivity index (χ3v) is 3.22. The average Bonchev–Trinajstić information content (AvgIpc) is 2.33. The molecule has 1 aliphatic heterocycles. The molecule has 16 heavy (non-hydrogen) atoms. The molecule has 0 saturated heterocycles. The van der Waals surface area contributed by atoms with E-state index in [4.69, 9.17) is 0 Å². The van der Waals surface area contributed by atoms with Gasteiger partial charge in [0.25, 0.3) is 0 Å². The van der Waals surface area contributed by atoms with Crippen molar-refractivity contribution in [2.75, 3.05) is 13.6 Å². The van der Waals surface area contributed by atoms with Crippen LogP contribution in [0.5, 0.6) is 0 Å². The van der Waals surface area contributed by atoms with Gasteiger partial charge in [0.2, 0.25) is 0 Å². The van der Waals surface area contributed by atoms with E-state index in [2.05, 4.69) is 24.1 Å². The first kappa shape index (κ1) is 11.4. The molecule has 0 spiro atoms. The van der Waals surface area contributed by atoms with Crippen LogP contribution in [-0.4, -0.2) is 29.6 Å². The molecule has 2 nitrogen and oxygen atoms in total. The lowest BCUT2D eigenvalue weighted by atomic mass is 9.99. The fourth-order valence-corrected chi connectivity index (χ4v) is 2.14. The highest BCUT2D eigenvalue weighted by atomic mass is 16.3. The average molecular weight is 217 g/mol. The molecule has 0 bridgehead atoms. The number of rotatable bonds is 3. The van der Waals surface area contributed by atoms with E-state index in [0.29, 0.717) is 6.04 Å². The van der Waals surface area contributed by atoms with Crippen molar-refractivity contribution in [3.8, 4) is 0 Å². The zero-order valence-electron chi connectivity index (χ0n) is 9.71. The molecule has 1 aromatic carbocycles. The molecule has 1 heterocycles. The fourth-order valence-electron chi connectivity index (χ4n) is 2.14. The summed E-state index contributed by atoms with van der Waals surface area (Å²) in [6.45, 7) is 1.09. The van der Waals surface area contributed by atoms with Crippen molar-refractivity contribution in [2.24, 2.45) is 0 Å². The SMILES string of the molecule is CN1CCC=C[C@H]1C[C@H](O)c1ccccc1. The van der Waals surface area contributed by atoms with Gasteiger partial charge >= 0.3 is 0 Å². The van der Waals surface area contributed by atoms with Gasteiger partial charge in [-0.05, 0) is 25.5 Å². The zero-order chi connectivity index (χ0) is 11.4. The van der Waals surface area contributed by atoms with Crippen molar-refractivity contribution in [1.29, 1.82) is 0 Å². The van der Waals surface area contributed by atoms with Crippen molar-refractivity contribution >= 4 is 0 Å². The second kappa shape index (κ2) is 5.28. The minimum Gasteiger partial charge on any atom is -0.388 e. The molecule has 0 radical (unpaired) electrons. The molecular weight excluding hydrogens is 198 g/mol. The lowest BCUT2D eigenvalue weighted by Gasteiger charge is -2.30. The highest BCUT2D eigenvalue weighted by molar-refractivity contribution is 5.18. The number of likely N-dealkylation sites (N-methyl/N-ethyl adjacent to an activating group) is 1. The number of hydrogen-bond donors (Lipinski definition) is 1. The summed E-state index contributed by atoms with van der Waals surface area (Å²) in [6, 6.07) is 10.2. The molecule has 0 aromatic heterocycles. The van der Waals surface area contributed by atoms with Crippen LogP contribution in [0.3, 0.4) is 0 Å². The van der Waals surface area contributed by atoms with Gasteiger partial charge in [0.15, 0.2) is 0 Å². The lowest BCUT2D eigenvalue weighted by molar-refractivity contribution is 0.128. The summed E-state index contributed by atoms with van der Waals surface area (Å²) >= 11 is 0. The Morgan fingerprint density at radius 3 is 2.81 bits per heavy atom. The van der Waals surface area contributed by atoms with E-state index < -0.39 is 0 Å². The number of benzene rings is 1. The minimum absolute atomic E-state index is 0.364. The Labute approximate surface area is 97.2 Å². The lowest BCUT2D eigenvalue weighted by Crippen LogP contribution is -2.34. The number of nitrogens with zero attached hydrogens (tertiary/aromatic N) is 1. The number of aliphatic hydroxyl groups excluding tert-OH is 1. The molecule has 2 heteroatoms. The molecule has 1 aromatic rings. The van der Waals surface area contributed by atoms with Gasteiger partial charge in [0.05, 0.1) is 6.10 Å². The fraction of sp³-hybridized carbons (Fsp3) is 0.429. The molecule has 0 amide bonds. The smallest absolute Gasteiger partial charge is 0.0808 e. The summed E-state index contributed by atoms with van der Waals surface area (Å²) in [5, 5.41) is 10.1. The quantitative estimate of drug-likeness (QED) is 0.786. The topological polar surface area (TPSA) is 23.5 Å². The first-order valence-electron chi connectivity index (χ1n) is 5.87. The van der Waals surface area contributed by atoms with E-state index in [1.165, 1.54) is 0 Å². The highest BCUT2D eigenvalue weighted by Crippen LogP contribution is 2.22. The van der Waals surface area contributed by atoms with Crippen LogP contribution in [-0.2, 0) is 0 Å².